The number of likely N-dealkylation sites (tertiary alicyclic amines) is 1. The van der Waals surface area contributed by atoms with Crippen molar-refractivity contribution in [1.82, 2.24) is 18.5 Å². The van der Waals surface area contributed by atoms with Crippen LogP contribution in [0.2, 0.25) is 0 Å². The number of hydrogen-bond acceptors (Lipinski definition) is 7. The van der Waals surface area contributed by atoms with E-state index in [9.17, 15) is 4.79 Å². The first-order chi connectivity index (χ1) is 19.1. The topological polar surface area (TPSA) is 76.4 Å². The fraction of sp³-hybridized carbons (Fsp3) is 0.548. The molecule has 3 fully saturated rings. The van der Waals surface area contributed by atoms with Crippen molar-refractivity contribution in [3.05, 3.63) is 53.6 Å². The van der Waals surface area contributed by atoms with Gasteiger partial charge in [-0.1, -0.05) is 25.8 Å². The van der Waals surface area contributed by atoms with Crippen LogP contribution in [0.1, 0.15) is 43.7 Å². The summed E-state index contributed by atoms with van der Waals surface area (Å²) in [7, 11) is 0. The zero-order valence-corrected chi connectivity index (χ0v) is 23.7. The first kappa shape index (κ1) is 26.2. The van der Waals surface area contributed by atoms with Crippen LogP contribution in [0.4, 0.5) is 5.69 Å². The summed E-state index contributed by atoms with van der Waals surface area (Å²) in [5, 5.41) is 9.09. The predicted molar refractivity (Wildman–Crippen MR) is 156 cm³/mol. The van der Waals surface area contributed by atoms with Crippen molar-refractivity contribution in [3.63, 3.8) is 0 Å². The lowest BCUT2D eigenvalue weighted by Crippen LogP contribution is -2.57. The molecule has 0 N–H and O–H groups in total. The Bertz CT molecular complexity index is 1320. The quantitative estimate of drug-likeness (QED) is 0.444. The van der Waals surface area contributed by atoms with E-state index in [1.54, 1.807) is 0 Å². The maximum Gasteiger partial charge on any atom is 0.227 e. The molecule has 0 spiro atoms. The average Bonchev–Trinajstić information content (AvgIpc) is 3.44. The van der Waals surface area contributed by atoms with Crippen LogP contribution in [0.5, 0.6) is 0 Å². The molecule has 0 unspecified atom stereocenters. The second-order valence-corrected chi connectivity index (χ2v) is 12.4. The molecule has 2 aliphatic heterocycles. The van der Waals surface area contributed by atoms with Crippen LogP contribution in [-0.4, -0.2) is 70.3 Å². The van der Waals surface area contributed by atoms with Crippen molar-refractivity contribution < 1.29 is 4.79 Å². The largest absolute Gasteiger partial charge is 0.368 e. The van der Waals surface area contributed by atoms with Crippen LogP contribution in [0, 0.1) is 35.0 Å². The van der Waals surface area contributed by atoms with Crippen molar-refractivity contribution in [2.24, 2.45) is 23.7 Å². The molecule has 8 heteroatoms. The van der Waals surface area contributed by atoms with Gasteiger partial charge in [-0.3, -0.25) is 4.79 Å². The number of nitriles is 1. The Labute approximate surface area is 235 Å². The fourth-order valence-electron chi connectivity index (χ4n) is 7.25. The van der Waals surface area contributed by atoms with E-state index < -0.39 is 0 Å². The molecule has 0 radical (unpaired) electrons. The van der Waals surface area contributed by atoms with Gasteiger partial charge in [-0.05, 0) is 79.0 Å². The van der Waals surface area contributed by atoms with Crippen molar-refractivity contribution >= 4 is 34.4 Å². The summed E-state index contributed by atoms with van der Waals surface area (Å²) in [4.78, 5) is 21.1. The lowest BCUT2D eigenvalue weighted by atomic mass is 9.69. The summed E-state index contributed by atoms with van der Waals surface area (Å²) in [5.74, 6) is 2.20. The lowest BCUT2D eigenvalue weighted by Gasteiger charge is -2.48. The van der Waals surface area contributed by atoms with E-state index in [4.69, 9.17) is 5.26 Å². The van der Waals surface area contributed by atoms with Gasteiger partial charge in [0.1, 0.15) is 11.0 Å². The average molecular weight is 543 g/mol. The molecule has 3 aliphatic rings. The summed E-state index contributed by atoms with van der Waals surface area (Å²) < 4.78 is 8.75. The van der Waals surface area contributed by atoms with E-state index in [1.807, 2.05) is 24.3 Å². The highest BCUT2D eigenvalue weighted by Crippen LogP contribution is 2.40. The molecule has 3 heterocycles. The van der Waals surface area contributed by atoms with Gasteiger partial charge in [0.05, 0.1) is 29.3 Å². The highest BCUT2D eigenvalue weighted by Gasteiger charge is 2.43. The molecule has 2 aromatic carbocycles. The van der Waals surface area contributed by atoms with Crippen LogP contribution >= 0.6 is 11.7 Å². The van der Waals surface area contributed by atoms with E-state index in [2.05, 4.69) is 54.6 Å². The third kappa shape index (κ3) is 5.80. The number of aromatic nitrogens is 2. The van der Waals surface area contributed by atoms with Crippen LogP contribution in [0.25, 0.3) is 11.0 Å². The molecule has 1 amide bonds. The number of rotatable bonds is 6. The van der Waals surface area contributed by atoms with E-state index in [-0.39, 0.29) is 5.92 Å². The summed E-state index contributed by atoms with van der Waals surface area (Å²) in [6.45, 7) is 8.66. The molecule has 3 aromatic rings. The molecule has 7 nitrogen and oxygen atoms in total. The minimum absolute atomic E-state index is 0.121. The van der Waals surface area contributed by atoms with Crippen molar-refractivity contribution in [2.75, 3.05) is 50.7 Å². The highest BCUT2D eigenvalue weighted by atomic mass is 32.1. The van der Waals surface area contributed by atoms with Gasteiger partial charge in [-0.15, -0.1) is 0 Å². The molecular formula is C31H38N6OS. The fourth-order valence-corrected chi connectivity index (χ4v) is 7.77. The predicted octanol–water partition coefficient (Wildman–Crippen LogP) is 4.83. The normalized spacial score (nSPS) is 24.8. The van der Waals surface area contributed by atoms with Crippen LogP contribution in [-0.2, 0) is 11.2 Å². The number of benzene rings is 2. The summed E-state index contributed by atoms with van der Waals surface area (Å²) >= 11 is 1.28. The standard InChI is InChI=1S/C31H38N6OS/c1-22(16-24-8-11-29-30(17-24)34-39-33-29)19-35-20-25-4-2-3-5-27(25)28(21-35)31(38)37-14-12-36(13-15-37)26-9-6-23(18-32)7-10-26/h6-11,17,22,25,27-28H,2-5,12-16,19-21H2,1H3/t22-,25+,27-,28+/m0/s1. The van der Waals surface area contributed by atoms with Gasteiger partial charge in [0.15, 0.2) is 0 Å². The van der Waals surface area contributed by atoms with Gasteiger partial charge in [-0.25, -0.2) is 0 Å². The van der Waals surface area contributed by atoms with Gasteiger partial charge in [0.2, 0.25) is 5.91 Å². The molecule has 4 atom stereocenters. The molecule has 0 bridgehead atoms. The molecule has 204 valence electrons. The van der Waals surface area contributed by atoms with E-state index in [1.165, 1.54) is 43.0 Å². The van der Waals surface area contributed by atoms with Gasteiger partial charge in [0.25, 0.3) is 0 Å². The van der Waals surface area contributed by atoms with Crippen LogP contribution < -0.4 is 4.90 Å². The number of carbonyl (C=O) groups is 1. The summed E-state index contributed by atoms with van der Waals surface area (Å²) in [6, 6.07) is 16.5. The Kier molecular flexibility index (Phi) is 7.80. The molecule has 6 rings (SSSR count). The maximum atomic E-state index is 14.0. The minimum Gasteiger partial charge on any atom is -0.368 e. The van der Waals surface area contributed by atoms with Gasteiger partial charge >= 0.3 is 0 Å². The Morgan fingerprint density at radius 3 is 2.59 bits per heavy atom. The number of fused-ring (bicyclic) bond motifs is 2. The lowest BCUT2D eigenvalue weighted by molar-refractivity contribution is -0.142. The van der Waals surface area contributed by atoms with Crippen molar-refractivity contribution in [2.45, 2.75) is 39.0 Å². The Morgan fingerprint density at radius 1 is 1.03 bits per heavy atom. The number of piperazine rings is 1. The van der Waals surface area contributed by atoms with Crippen LogP contribution in [0.3, 0.4) is 0 Å². The number of anilines is 1. The zero-order valence-electron chi connectivity index (χ0n) is 22.8. The smallest absolute Gasteiger partial charge is 0.227 e. The summed E-state index contributed by atoms with van der Waals surface area (Å²) in [6.07, 6.45) is 6.06. The minimum atomic E-state index is 0.121. The molecule has 1 aromatic heterocycles. The molecule has 1 saturated carbocycles. The van der Waals surface area contributed by atoms with Gasteiger partial charge in [-0.2, -0.15) is 14.0 Å². The molecule has 39 heavy (non-hydrogen) atoms. The Balaban J connectivity index is 1.08. The highest BCUT2D eigenvalue weighted by molar-refractivity contribution is 7.00. The van der Waals surface area contributed by atoms with Crippen LogP contribution in [0.15, 0.2) is 42.5 Å². The molecule has 1 aliphatic carbocycles. The number of hydrogen-bond donors (Lipinski definition) is 0. The number of amides is 1. The Morgan fingerprint density at radius 2 is 1.79 bits per heavy atom. The van der Waals surface area contributed by atoms with Crippen molar-refractivity contribution in [3.8, 4) is 6.07 Å². The Hall–Kier alpha value is -3.02. The molecule has 2 saturated heterocycles. The van der Waals surface area contributed by atoms with Gasteiger partial charge < -0.3 is 14.7 Å². The van der Waals surface area contributed by atoms with E-state index in [0.717, 1.165) is 69.0 Å². The summed E-state index contributed by atoms with van der Waals surface area (Å²) in [5.41, 5.74) is 5.12. The monoisotopic (exact) mass is 542 g/mol. The molecular weight excluding hydrogens is 504 g/mol. The first-order valence-electron chi connectivity index (χ1n) is 14.5. The third-order valence-corrected chi connectivity index (χ3v) is 9.73. The van der Waals surface area contributed by atoms with Gasteiger partial charge in [0, 0.05) is 51.5 Å². The second kappa shape index (κ2) is 11.6. The zero-order chi connectivity index (χ0) is 26.8. The maximum absolute atomic E-state index is 14.0. The second-order valence-electron chi connectivity index (χ2n) is 11.9. The number of nitrogens with zero attached hydrogens (tertiary/aromatic N) is 6. The van der Waals surface area contributed by atoms with E-state index >= 15 is 0 Å². The number of piperidine rings is 1. The first-order valence-corrected chi connectivity index (χ1v) is 15.3. The SMILES string of the molecule is C[C@@H](Cc1ccc2nsnc2c1)CN1C[C@H]2CCCC[C@@H]2[C@H](C(=O)N2CCN(c3ccc(C#N)cc3)CC2)C1. The third-order valence-electron chi connectivity index (χ3n) is 9.17. The number of carbonyl (C=O) groups excluding carboxylic acids is 1. The van der Waals surface area contributed by atoms with E-state index in [0.29, 0.717) is 29.2 Å². The van der Waals surface area contributed by atoms with Crippen molar-refractivity contribution in [1.29, 1.82) is 5.26 Å².